The number of thiocarbonyl (C=S) groups is 1. The van der Waals surface area contributed by atoms with Crippen LogP contribution < -0.4 is 11.1 Å². The fourth-order valence-corrected chi connectivity index (χ4v) is 3.79. The molecule has 3 atom stereocenters. The van der Waals surface area contributed by atoms with Gasteiger partial charge in [0, 0.05) is 11.6 Å². The summed E-state index contributed by atoms with van der Waals surface area (Å²) in [5.41, 5.74) is 6.62. The van der Waals surface area contributed by atoms with Crippen molar-refractivity contribution in [1.29, 1.82) is 0 Å². The number of hydrogen-bond acceptors (Lipinski definition) is 2. The van der Waals surface area contributed by atoms with E-state index in [4.69, 9.17) is 18.0 Å². The van der Waals surface area contributed by atoms with Crippen LogP contribution >= 0.6 is 28.1 Å². The minimum atomic E-state index is -0.318. The molecule has 0 radical (unpaired) electrons. The van der Waals surface area contributed by atoms with Gasteiger partial charge in [-0.15, -0.1) is 0 Å². The monoisotopic (exact) mass is 358 g/mol. The molecular formula is C15H20BrFN2S. The lowest BCUT2D eigenvalue weighted by Gasteiger charge is -2.34. The smallest absolute Gasteiger partial charge is 0.161 e. The lowest BCUT2D eigenvalue weighted by atomic mass is 9.80. The summed E-state index contributed by atoms with van der Waals surface area (Å²) < 4.78 is 14.7. The molecule has 5 heteroatoms. The second kappa shape index (κ2) is 6.39. The summed E-state index contributed by atoms with van der Waals surface area (Å²) in [6.07, 6.45) is 3.46. The molecule has 0 aromatic heterocycles. The Morgan fingerprint density at radius 2 is 2.10 bits per heavy atom. The molecule has 0 bridgehead atoms. The molecule has 2 rings (SSSR count). The predicted octanol–water partition coefficient (Wildman–Crippen LogP) is 4.46. The topological polar surface area (TPSA) is 38.0 Å². The maximum Gasteiger partial charge on any atom is 0.161 e. The summed E-state index contributed by atoms with van der Waals surface area (Å²) in [4.78, 5) is 0.196. The van der Waals surface area contributed by atoms with Gasteiger partial charge in [-0.3, -0.25) is 0 Å². The summed E-state index contributed by atoms with van der Waals surface area (Å²) in [7, 11) is 0. The third kappa shape index (κ3) is 3.31. The molecule has 20 heavy (non-hydrogen) atoms. The van der Waals surface area contributed by atoms with Crippen LogP contribution in [0.5, 0.6) is 0 Å². The van der Waals surface area contributed by atoms with Crippen molar-refractivity contribution in [2.45, 2.75) is 39.2 Å². The number of hydrogen-bond donors (Lipinski definition) is 2. The first kappa shape index (κ1) is 15.7. The van der Waals surface area contributed by atoms with Gasteiger partial charge < -0.3 is 11.1 Å². The van der Waals surface area contributed by atoms with E-state index in [1.165, 1.54) is 12.8 Å². The number of anilines is 1. The van der Waals surface area contributed by atoms with Crippen LogP contribution in [0.2, 0.25) is 0 Å². The van der Waals surface area contributed by atoms with Crippen molar-refractivity contribution in [3.05, 3.63) is 28.0 Å². The highest BCUT2D eigenvalue weighted by Crippen LogP contribution is 2.33. The lowest BCUT2D eigenvalue weighted by molar-refractivity contribution is 0.276. The van der Waals surface area contributed by atoms with Gasteiger partial charge in [0.2, 0.25) is 0 Å². The SMILES string of the molecule is CC1CCC(Nc2ccc(C(N)=S)c(Br)c2F)C(C)C1. The highest BCUT2D eigenvalue weighted by molar-refractivity contribution is 9.10. The minimum absolute atomic E-state index is 0.196. The molecular weight excluding hydrogens is 339 g/mol. The number of nitrogens with one attached hydrogen (secondary N) is 1. The Hall–Kier alpha value is -0.680. The Morgan fingerprint density at radius 1 is 1.40 bits per heavy atom. The van der Waals surface area contributed by atoms with Gasteiger partial charge in [-0.05, 0) is 59.2 Å². The van der Waals surface area contributed by atoms with Crippen LogP contribution in [0.3, 0.4) is 0 Å². The number of nitrogens with two attached hydrogens (primary N) is 1. The second-order valence-electron chi connectivity index (χ2n) is 5.80. The van der Waals surface area contributed by atoms with Crippen LogP contribution in [0.15, 0.2) is 16.6 Å². The molecule has 3 N–H and O–H groups in total. The van der Waals surface area contributed by atoms with Crippen molar-refractivity contribution >= 4 is 38.8 Å². The highest BCUT2D eigenvalue weighted by Gasteiger charge is 2.26. The van der Waals surface area contributed by atoms with Crippen molar-refractivity contribution in [3.8, 4) is 0 Å². The molecule has 0 spiro atoms. The maximum absolute atomic E-state index is 14.4. The first-order valence-electron chi connectivity index (χ1n) is 6.94. The van der Waals surface area contributed by atoms with E-state index in [-0.39, 0.29) is 10.8 Å². The zero-order valence-electron chi connectivity index (χ0n) is 11.7. The fourth-order valence-electron chi connectivity index (χ4n) is 2.93. The van der Waals surface area contributed by atoms with E-state index in [0.717, 1.165) is 12.3 Å². The molecule has 2 nitrogen and oxygen atoms in total. The molecule has 0 aliphatic heterocycles. The number of halogens is 2. The Balaban J connectivity index is 2.18. The zero-order chi connectivity index (χ0) is 14.9. The average Bonchev–Trinajstić information content (AvgIpc) is 2.37. The van der Waals surface area contributed by atoms with Gasteiger partial charge in [-0.2, -0.15) is 0 Å². The number of benzene rings is 1. The van der Waals surface area contributed by atoms with Crippen molar-refractivity contribution < 1.29 is 4.39 Å². The minimum Gasteiger partial charge on any atom is -0.389 e. The average molecular weight is 359 g/mol. The van der Waals surface area contributed by atoms with E-state index in [9.17, 15) is 4.39 Å². The molecule has 0 saturated heterocycles. The first-order valence-corrected chi connectivity index (χ1v) is 8.14. The Labute approximate surface area is 133 Å². The highest BCUT2D eigenvalue weighted by atomic mass is 79.9. The Bertz CT molecular complexity index is 521. The van der Waals surface area contributed by atoms with Gasteiger partial charge >= 0.3 is 0 Å². The second-order valence-corrected chi connectivity index (χ2v) is 7.03. The third-order valence-electron chi connectivity index (χ3n) is 4.12. The summed E-state index contributed by atoms with van der Waals surface area (Å²) in [6.45, 7) is 4.50. The molecule has 1 saturated carbocycles. The molecule has 0 amide bonds. The molecule has 0 heterocycles. The van der Waals surface area contributed by atoms with E-state index < -0.39 is 0 Å². The van der Waals surface area contributed by atoms with Gasteiger partial charge in [0.15, 0.2) is 5.82 Å². The van der Waals surface area contributed by atoms with Crippen molar-refractivity contribution in [2.24, 2.45) is 17.6 Å². The van der Waals surface area contributed by atoms with E-state index in [1.807, 2.05) is 0 Å². The predicted molar refractivity (Wildman–Crippen MR) is 89.6 cm³/mol. The summed E-state index contributed by atoms with van der Waals surface area (Å²) in [5, 5.41) is 3.34. The van der Waals surface area contributed by atoms with Crippen LogP contribution in [-0.2, 0) is 0 Å². The largest absolute Gasteiger partial charge is 0.389 e. The number of rotatable bonds is 3. The van der Waals surface area contributed by atoms with Crippen LogP contribution in [0.4, 0.5) is 10.1 Å². The molecule has 110 valence electrons. The lowest BCUT2D eigenvalue weighted by Crippen LogP contribution is -2.33. The van der Waals surface area contributed by atoms with Gasteiger partial charge in [0.05, 0.1) is 10.2 Å². The van der Waals surface area contributed by atoms with Gasteiger partial charge in [0.25, 0.3) is 0 Å². The normalized spacial score (nSPS) is 26.3. The summed E-state index contributed by atoms with van der Waals surface area (Å²) >= 11 is 8.14. The first-order chi connectivity index (χ1) is 9.40. The molecule has 1 aliphatic carbocycles. The van der Waals surface area contributed by atoms with Crippen molar-refractivity contribution in [3.63, 3.8) is 0 Å². The van der Waals surface area contributed by atoms with E-state index in [2.05, 4.69) is 35.1 Å². The van der Waals surface area contributed by atoms with Gasteiger partial charge in [-0.1, -0.05) is 26.1 Å². The molecule has 1 aliphatic rings. The van der Waals surface area contributed by atoms with Crippen molar-refractivity contribution in [1.82, 2.24) is 0 Å². The van der Waals surface area contributed by atoms with Crippen molar-refractivity contribution in [2.75, 3.05) is 5.32 Å². The van der Waals surface area contributed by atoms with Gasteiger partial charge in [-0.25, -0.2) is 4.39 Å². The summed E-state index contributed by atoms with van der Waals surface area (Å²) in [6, 6.07) is 3.80. The third-order valence-corrected chi connectivity index (χ3v) is 5.12. The standard InChI is InChI=1S/C15H20BrFN2S/c1-8-3-5-11(9(2)7-8)19-12-6-4-10(15(18)20)13(16)14(12)17/h4,6,8-9,11,19H,3,5,7H2,1-2H3,(H2,18,20). The molecule has 1 aromatic carbocycles. The molecule has 1 aromatic rings. The summed E-state index contributed by atoms with van der Waals surface area (Å²) in [5.74, 6) is 0.991. The van der Waals surface area contributed by atoms with Crippen LogP contribution in [-0.4, -0.2) is 11.0 Å². The van der Waals surface area contributed by atoms with E-state index in [1.54, 1.807) is 12.1 Å². The van der Waals surface area contributed by atoms with Crippen LogP contribution in [0.25, 0.3) is 0 Å². The van der Waals surface area contributed by atoms with E-state index >= 15 is 0 Å². The Morgan fingerprint density at radius 3 is 2.70 bits per heavy atom. The van der Waals surface area contributed by atoms with Gasteiger partial charge in [0.1, 0.15) is 4.99 Å². The molecule has 1 fully saturated rings. The van der Waals surface area contributed by atoms with E-state index in [0.29, 0.717) is 27.7 Å². The quantitative estimate of drug-likeness (QED) is 0.783. The zero-order valence-corrected chi connectivity index (χ0v) is 14.2. The maximum atomic E-state index is 14.4. The Kier molecular flexibility index (Phi) is 5.02. The van der Waals surface area contributed by atoms with Crippen LogP contribution in [0.1, 0.15) is 38.7 Å². The van der Waals surface area contributed by atoms with Crippen LogP contribution in [0, 0.1) is 17.7 Å². The fraction of sp³-hybridized carbons (Fsp3) is 0.533. The molecule has 3 unspecified atom stereocenters.